The lowest BCUT2D eigenvalue weighted by molar-refractivity contribution is -0.141. The topological polar surface area (TPSA) is 26.3 Å². The van der Waals surface area contributed by atoms with E-state index in [1.54, 1.807) is 0 Å². The molecular formula is C12H20O2S. The Bertz CT molecular complexity index is 279. The van der Waals surface area contributed by atoms with Crippen LogP contribution in [0.15, 0.2) is 10.5 Å². The Morgan fingerprint density at radius 3 is 2.60 bits per heavy atom. The summed E-state index contributed by atoms with van der Waals surface area (Å²) in [5, 5.41) is 0. The molecule has 1 saturated heterocycles. The monoisotopic (exact) mass is 228 g/mol. The Morgan fingerprint density at radius 2 is 2.13 bits per heavy atom. The maximum atomic E-state index is 10.7. The maximum absolute atomic E-state index is 10.7. The van der Waals surface area contributed by atoms with Gasteiger partial charge < -0.3 is 4.74 Å². The minimum Gasteiger partial charge on any atom is -0.466 e. The minimum atomic E-state index is -0.177. The zero-order chi connectivity index (χ0) is 11.5. The molecule has 0 spiro atoms. The van der Waals surface area contributed by atoms with Gasteiger partial charge in [0.1, 0.15) is 0 Å². The molecule has 2 nitrogen and oxygen atoms in total. The SMILES string of the molecule is CC(=O)OCCC1(C)CCC(=C(C)C)S1. The van der Waals surface area contributed by atoms with Crippen LogP contribution < -0.4 is 0 Å². The molecule has 15 heavy (non-hydrogen) atoms. The molecule has 1 rings (SSSR count). The van der Waals surface area contributed by atoms with E-state index >= 15 is 0 Å². The van der Waals surface area contributed by atoms with Gasteiger partial charge in [-0.3, -0.25) is 4.79 Å². The van der Waals surface area contributed by atoms with Crippen molar-refractivity contribution < 1.29 is 9.53 Å². The third-order valence-corrected chi connectivity index (χ3v) is 4.50. The smallest absolute Gasteiger partial charge is 0.302 e. The number of ether oxygens (including phenoxy) is 1. The first kappa shape index (κ1) is 12.6. The van der Waals surface area contributed by atoms with E-state index in [9.17, 15) is 4.79 Å². The first-order chi connectivity index (χ1) is 6.93. The standard InChI is InChI=1S/C12H20O2S/c1-9(2)11-5-6-12(4,15-11)7-8-14-10(3)13/h5-8H2,1-4H3. The van der Waals surface area contributed by atoms with Gasteiger partial charge in [-0.15, -0.1) is 11.8 Å². The van der Waals surface area contributed by atoms with Crippen LogP contribution in [0.3, 0.4) is 0 Å². The van der Waals surface area contributed by atoms with E-state index in [0.29, 0.717) is 6.61 Å². The molecule has 0 amide bonds. The minimum absolute atomic E-state index is 0.177. The van der Waals surface area contributed by atoms with Gasteiger partial charge in [0.15, 0.2) is 0 Å². The second kappa shape index (κ2) is 5.06. The number of thioether (sulfide) groups is 1. The van der Waals surface area contributed by atoms with Gasteiger partial charge >= 0.3 is 5.97 Å². The first-order valence-corrected chi connectivity index (χ1v) is 6.23. The van der Waals surface area contributed by atoms with Crippen molar-refractivity contribution in [2.45, 2.75) is 51.7 Å². The Labute approximate surface area is 96.5 Å². The van der Waals surface area contributed by atoms with E-state index in [4.69, 9.17) is 4.74 Å². The van der Waals surface area contributed by atoms with Gasteiger partial charge in [-0.2, -0.15) is 0 Å². The van der Waals surface area contributed by atoms with E-state index < -0.39 is 0 Å². The van der Waals surface area contributed by atoms with Crippen LogP contribution in [-0.4, -0.2) is 17.3 Å². The summed E-state index contributed by atoms with van der Waals surface area (Å²) in [6.07, 6.45) is 3.33. The number of hydrogen-bond acceptors (Lipinski definition) is 3. The summed E-state index contributed by atoms with van der Waals surface area (Å²) < 4.78 is 5.26. The number of carbonyl (C=O) groups is 1. The molecule has 0 N–H and O–H groups in total. The Morgan fingerprint density at radius 1 is 1.47 bits per heavy atom. The molecule has 1 aliphatic rings. The van der Waals surface area contributed by atoms with E-state index in [-0.39, 0.29) is 10.7 Å². The maximum Gasteiger partial charge on any atom is 0.302 e. The van der Waals surface area contributed by atoms with Crippen LogP contribution in [-0.2, 0) is 9.53 Å². The zero-order valence-electron chi connectivity index (χ0n) is 10.1. The Balaban J connectivity index is 2.42. The summed E-state index contributed by atoms with van der Waals surface area (Å²) in [5.41, 5.74) is 1.43. The van der Waals surface area contributed by atoms with Gasteiger partial charge in [0.2, 0.25) is 0 Å². The van der Waals surface area contributed by atoms with Gasteiger partial charge in [-0.1, -0.05) is 5.57 Å². The fraction of sp³-hybridized carbons (Fsp3) is 0.750. The molecule has 1 heterocycles. The number of allylic oxidation sites excluding steroid dienone is 2. The van der Waals surface area contributed by atoms with Crippen molar-refractivity contribution >= 4 is 17.7 Å². The summed E-state index contributed by atoms with van der Waals surface area (Å²) in [5.74, 6) is -0.177. The van der Waals surface area contributed by atoms with Crippen LogP contribution >= 0.6 is 11.8 Å². The third kappa shape index (κ3) is 3.90. The second-order valence-electron chi connectivity index (χ2n) is 4.57. The molecule has 0 aromatic rings. The summed E-state index contributed by atoms with van der Waals surface area (Å²) in [7, 11) is 0. The third-order valence-electron chi connectivity index (χ3n) is 2.74. The average Bonchev–Trinajstić information content (AvgIpc) is 2.47. The fourth-order valence-electron chi connectivity index (χ4n) is 1.72. The van der Waals surface area contributed by atoms with Crippen LogP contribution in [0.1, 0.15) is 47.0 Å². The molecule has 1 fully saturated rings. The van der Waals surface area contributed by atoms with E-state index in [2.05, 4.69) is 20.8 Å². The highest BCUT2D eigenvalue weighted by Crippen LogP contribution is 2.48. The van der Waals surface area contributed by atoms with Gasteiger partial charge in [0.25, 0.3) is 0 Å². The Kier molecular flexibility index (Phi) is 4.26. The molecule has 86 valence electrons. The van der Waals surface area contributed by atoms with Crippen LogP contribution in [0, 0.1) is 0 Å². The van der Waals surface area contributed by atoms with Crippen molar-refractivity contribution in [1.82, 2.24) is 0 Å². The van der Waals surface area contributed by atoms with Crippen molar-refractivity contribution in [3.63, 3.8) is 0 Å². The fourth-order valence-corrected chi connectivity index (χ4v) is 3.11. The molecule has 1 aliphatic heterocycles. The molecule has 1 atom stereocenters. The normalized spacial score (nSPS) is 25.5. The lowest BCUT2D eigenvalue weighted by Gasteiger charge is -2.21. The average molecular weight is 228 g/mol. The van der Waals surface area contributed by atoms with Crippen LogP contribution in [0.25, 0.3) is 0 Å². The number of carbonyl (C=O) groups excluding carboxylic acids is 1. The molecule has 1 unspecified atom stereocenters. The molecular weight excluding hydrogens is 208 g/mol. The van der Waals surface area contributed by atoms with Crippen molar-refractivity contribution in [2.24, 2.45) is 0 Å². The highest BCUT2D eigenvalue weighted by Gasteiger charge is 2.32. The van der Waals surface area contributed by atoms with Crippen molar-refractivity contribution in [3.8, 4) is 0 Å². The molecule has 0 aromatic carbocycles. The Hall–Kier alpha value is -0.440. The molecule has 3 heteroatoms. The van der Waals surface area contributed by atoms with E-state index in [1.807, 2.05) is 11.8 Å². The van der Waals surface area contributed by atoms with Crippen LogP contribution in [0.5, 0.6) is 0 Å². The molecule has 0 saturated carbocycles. The predicted octanol–water partition coefficient (Wildman–Crippen LogP) is 3.52. The van der Waals surface area contributed by atoms with Crippen molar-refractivity contribution in [1.29, 1.82) is 0 Å². The second-order valence-corrected chi connectivity index (χ2v) is 6.25. The highest BCUT2D eigenvalue weighted by molar-refractivity contribution is 8.04. The van der Waals surface area contributed by atoms with Gasteiger partial charge in [-0.05, 0) is 44.9 Å². The highest BCUT2D eigenvalue weighted by atomic mass is 32.2. The quantitative estimate of drug-likeness (QED) is 0.691. The number of esters is 1. The van der Waals surface area contributed by atoms with Crippen molar-refractivity contribution in [3.05, 3.63) is 10.5 Å². The molecule has 0 bridgehead atoms. The predicted molar refractivity (Wildman–Crippen MR) is 64.9 cm³/mol. The number of hydrogen-bond donors (Lipinski definition) is 0. The van der Waals surface area contributed by atoms with Gasteiger partial charge in [0.05, 0.1) is 6.61 Å². The van der Waals surface area contributed by atoms with Crippen LogP contribution in [0.2, 0.25) is 0 Å². The summed E-state index contributed by atoms with van der Waals surface area (Å²) >= 11 is 1.96. The number of rotatable bonds is 3. The molecule has 0 aliphatic carbocycles. The van der Waals surface area contributed by atoms with Crippen molar-refractivity contribution in [2.75, 3.05) is 6.61 Å². The van der Waals surface area contributed by atoms with Gasteiger partial charge in [0, 0.05) is 11.7 Å². The largest absolute Gasteiger partial charge is 0.466 e. The van der Waals surface area contributed by atoms with Gasteiger partial charge in [-0.25, -0.2) is 0 Å². The lowest BCUT2D eigenvalue weighted by atomic mass is 10.0. The summed E-state index contributed by atoms with van der Waals surface area (Å²) in [4.78, 5) is 12.2. The van der Waals surface area contributed by atoms with E-state index in [0.717, 1.165) is 6.42 Å². The summed E-state index contributed by atoms with van der Waals surface area (Å²) in [6, 6.07) is 0. The molecule has 0 aromatic heterocycles. The zero-order valence-corrected chi connectivity index (χ0v) is 10.9. The van der Waals surface area contributed by atoms with E-state index in [1.165, 1.54) is 30.2 Å². The molecule has 0 radical (unpaired) electrons. The summed E-state index contributed by atoms with van der Waals surface area (Å²) in [6.45, 7) is 8.61. The van der Waals surface area contributed by atoms with Crippen LogP contribution in [0.4, 0.5) is 0 Å². The first-order valence-electron chi connectivity index (χ1n) is 5.42. The lowest BCUT2D eigenvalue weighted by Crippen LogP contribution is -2.19.